The number of nitrogens with one attached hydrogen (secondary N) is 3. The van der Waals surface area contributed by atoms with E-state index in [9.17, 15) is 12.8 Å². The van der Waals surface area contributed by atoms with Crippen LogP contribution in [0.5, 0.6) is 0 Å². The van der Waals surface area contributed by atoms with Crippen LogP contribution in [0.3, 0.4) is 0 Å². The highest BCUT2D eigenvalue weighted by Crippen LogP contribution is 2.26. The van der Waals surface area contributed by atoms with Gasteiger partial charge in [0.05, 0.1) is 15.6 Å². The van der Waals surface area contributed by atoms with Gasteiger partial charge >= 0.3 is 0 Å². The molecule has 3 rings (SSSR count). The van der Waals surface area contributed by atoms with Crippen LogP contribution in [0.25, 0.3) is 0 Å². The Hall–Kier alpha value is -2.68. The number of benzene rings is 3. The van der Waals surface area contributed by atoms with Gasteiger partial charge in [-0.15, -0.1) is 0 Å². The van der Waals surface area contributed by atoms with E-state index in [4.69, 9.17) is 23.8 Å². The molecule has 0 amide bonds. The van der Waals surface area contributed by atoms with Crippen molar-refractivity contribution in [2.45, 2.75) is 25.7 Å². The predicted molar refractivity (Wildman–Crippen MR) is 129 cm³/mol. The Morgan fingerprint density at radius 2 is 1.45 bits per heavy atom. The van der Waals surface area contributed by atoms with Gasteiger partial charge in [0.1, 0.15) is 5.82 Å². The molecule has 5 nitrogen and oxygen atoms in total. The lowest BCUT2D eigenvalue weighted by Crippen LogP contribution is -2.19. The van der Waals surface area contributed by atoms with Gasteiger partial charge in [-0.25, -0.2) is 12.8 Å². The van der Waals surface area contributed by atoms with E-state index in [1.807, 2.05) is 32.9 Å². The fourth-order valence-electron chi connectivity index (χ4n) is 3.12. The standard InChI is InChI=1S/C22H21ClFN3O2S2/c1-13-10-14(2)21(15(3)11-13)27-31(28,29)18-7-4-16(5-8-18)25-22(30)26-17-6-9-20(24)19(23)12-17/h4-12,27H,1-3H3,(H2,25,26,30). The third kappa shape index (κ3) is 5.72. The van der Waals surface area contributed by atoms with Gasteiger partial charge in [0.15, 0.2) is 5.11 Å². The first-order valence-electron chi connectivity index (χ1n) is 9.29. The Kier molecular flexibility index (Phi) is 6.83. The van der Waals surface area contributed by atoms with Crippen LogP contribution in [0.2, 0.25) is 5.02 Å². The highest BCUT2D eigenvalue weighted by molar-refractivity contribution is 7.92. The Morgan fingerprint density at radius 1 is 0.903 bits per heavy atom. The zero-order valence-electron chi connectivity index (χ0n) is 17.1. The normalized spacial score (nSPS) is 11.1. The molecule has 31 heavy (non-hydrogen) atoms. The number of sulfonamides is 1. The number of thiocarbonyl (C=S) groups is 1. The second-order valence-electron chi connectivity index (χ2n) is 7.11. The molecule has 0 aliphatic rings. The van der Waals surface area contributed by atoms with E-state index in [1.165, 1.54) is 30.3 Å². The molecule has 0 aliphatic heterocycles. The van der Waals surface area contributed by atoms with Crippen molar-refractivity contribution >= 4 is 56.0 Å². The number of anilines is 3. The Morgan fingerprint density at radius 3 is 2.03 bits per heavy atom. The topological polar surface area (TPSA) is 70.2 Å². The van der Waals surface area contributed by atoms with Gasteiger partial charge in [-0.05, 0) is 86.6 Å². The summed E-state index contributed by atoms with van der Waals surface area (Å²) >= 11 is 11.0. The summed E-state index contributed by atoms with van der Waals surface area (Å²) in [6.45, 7) is 5.70. The van der Waals surface area contributed by atoms with Crippen LogP contribution in [-0.2, 0) is 10.0 Å². The summed E-state index contributed by atoms with van der Waals surface area (Å²) in [5.74, 6) is -0.521. The number of hydrogen-bond acceptors (Lipinski definition) is 3. The van der Waals surface area contributed by atoms with Crippen LogP contribution < -0.4 is 15.4 Å². The Bertz CT molecular complexity index is 1220. The van der Waals surface area contributed by atoms with Crippen molar-refractivity contribution in [3.8, 4) is 0 Å². The second-order valence-corrected chi connectivity index (χ2v) is 9.61. The first-order valence-corrected chi connectivity index (χ1v) is 11.6. The predicted octanol–water partition coefficient (Wildman–Crippen LogP) is 6.01. The molecule has 3 aromatic carbocycles. The summed E-state index contributed by atoms with van der Waals surface area (Å²) in [6, 6.07) is 14.2. The number of halogens is 2. The molecule has 0 unspecified atom stereocenters. The number of hydrogen-bond donors (Lipinski definition) is 3. The first kappa shape index (κ1) is 23.0. The minimum Gasteiger partial charge on any atom is -0.332 e. The van der Waals surface area contributed by atoms with Crippen molar-refractivity contribution in [2.24, 2.45) is 0 Å². The maximum Gasteiger partial charge on any atom is 0.261 e. The fourth-order valence-corrected chi connectivity index (χ4v) is 4.74. The molecule has 0 heterocycles. The van der Waals surface area contributed by atoms with E-state index in [0.717, 1.165) is 16.7 Å². The molecule has 0 fully saturated rings. The molecule has 9 heteroatoms. The molecule has 0 aromatic heterocycles. The third-order valence-corrected chi connectivity index (χ3v) is 6.37. The summed E-state index contributed by atoms with van der Waals surface area (Å²) in [5.41, 5.74) is 4.48. The van der Waals surface area contributed by atoms with Crippen molar-refractivity contribution in [1.82, 2.24) is 0 Å². The lowest BCUT2D eigenvalue weighted by Gasteiger charge is -2.15. The summed E-state index contributed by atoms with van der Waals surface area (Å²) < 4.78 is 41.6. The maximum atomic E-state index is 13.3. The van der Waals surface area contributed by atoms with Crippen molar-refractivity contribution in [2.75, 3.05) is 15.4 Å². The van der Waals surface area contributed by atoms with Crippen molar-refractivity contribution in [3.63, 3.8) is 0 Å². The third-order valence-electron chi connectivity index (χ3n) is 4.51. The SMILES string of the molecule is Cc1cc(C)c(NS(=O)(=O)c2ccc(NC(=S)Nc3ccc(F)c(Cl)c3)cc2)c(C)c1. The lowest BCUT2D eigenvalue weighted by molar-refractivity contribution is 0.601. The van der Waals surface area contributed by atoms with Crippen molar-refractivity contribution in [1.29, 1.82) is 0 Å². The van der Waals surface area contributed by atoms with E-state index >= 15 is 0 Å². The highest BCUT2D eigenvalue weighted by atomic mass is 35.5. The number of aryl methyl sites for hydroxylation is 3. The molecule has 0 saturated carbocycles. The van der Waals surface area contributed by atoms with E-state index in [0.29, 0.717) is 17.1 Å². The Balaban J connectivity index is 1.70. The molecule has 0 aliphatic carbocycles. The smallest absolute Gasteiger partial charge is 0.261 e. The zero-order valence-corrected chi connectivity index (χ0v) is 19.5. The summed E-state index contributed by atoms with van der Waals surface area (Å²) in [7, 11) is -3.75. The quantitative estimate of drug-likeness (QED) is 0.392. The largest absolute Gasteiger partial charge is 0.332 e. The zero-order chi connectivity index (χ0) is 22.8. The summed E-state index contributed by atoms with van der Waals surface area (Å²) in [5, 5.41) is 6.07. The molecular weight excluding hydrogens is 457 g/mol. The molecule has 0 atom stereocenters. The molecule has 3 aromatic rings. The highest BCUT2D eigenvalue weighted by Gasteiger charge is 2.17. The maximum absolute atomic E-state index is 13.3. The van der Waals surface area contributed by atoms with E-state index in [-0.39, 0.29) is 15.0 Å². The van der Waals surface area contributed by atoms with E-state index < -0.39 is 15.8 Å². The van der Waals surface area contributed by atoms with Crippen LogP contribution in [0.15, 0.2) is 59.5 Å². The molecule has 0 bridgehead atoms. The van der Waals surface area contributed by atoms with Gasteiger partial charge in [-0.2, -0.15) is 0 Å². The molecular formula is C22H21ClFN3O2S2. The van der Waals surface area contributed by atoms with Gasteiger partial charge in [-0.3, -0.25) is 4.72 Å². The number of rotatable bonds is 5. The van der Waals surface area contributed by atoms with Gasteiger partial charge < -0.3 is 10.6 Å². The monoisotopic (exact) mass is 477 g/mol. The van der Waals surface area contributed by atoms with Crippen LogP contribution in [0.1, 0.15) is 16.7 Å². The molecule has 3 N–H and O–H groups in total. The van der Waals surface area contributed by atoms with Crippen LogP contribution in [0, 0.1) is 26.6 Å². The van der Waals surface area contributed by atoms with Crippen LogP contribution >= 0.6 is 23.8 Å². The second kappa shape index (κ2) is 9.21. The fraction of sp³-hybridized carbons (Fsp3) is 0.136. The summed E-state index contributed by atoms with van der Waals surface area (Å²) in [4.78, 5) is 0.126. The average Bonchev–Trinajstić information content (AvgIpc) is 2.68. The molecule has 0 radical (unpaired) electrons. The minimum atomic E-state index is -3.75. The van der Waals surface area contributed by atoms with Crippen LogP contribution in [-0.4, -0.2) is 13.5 Å². The molecule has 0 spiro atoms. The first-order chi connectivity index (χ1) is 14.5. The van der Waals surface area contributed by atoms with E-state index in [2.05, 4.69) is 15.4 Å². The van der Waals surface area contributed by atoms with Gasteiger partial charge in [0.25, 0.3) is 10.0 Å². The average molecular weight is 478 g/mol. The van der Waals surface area contributed by atoms with Crippen molar-refractivity contribution in [3.05, 3.63) is 82.1 Å². The minimum absolute atomic E-state index is 0.0195. The van der Waals surface area contributed by atoms with E-state index in [1.54, 1.807) is 12.1 Å². The van der Waals surface area contributed by atoms with Gasteiger partial charge in [0.2, 0.25) is 0 Å². The molecule has 162 valence electrons. The van der Waals surface area contributed by atoms with Crippen LogP contribution in [0.4, 0.5) is 21.5 Å². The lowest BCUT2D eigenvalue weighted by atomic mass is 10.1. The van der Waals surface area contributed by atoms with Gasteiger partial charge in [-0.1, -0.05) is 29.3 Å². The molecule has 0 saturated heterocycles. The Labute approximate surface area is 191 Å². The summed E-state index contributed by atoms with van der Waals surface area (Å²) in [6.07, 6.45) is 0. The van der Waals surface area contributed by atoms with Crippen molar-refractivity contribution < 1.29 is 12.8 Å². The van der Waals surface area contributed by atoms with Gasteiger partial charge in [0, 0.05) is 11.4 Å².